The van der Waals surface area contributed by atoms with Gasteiger partial charge in [0.15, 0.2) is 5.96 Å². The second kappa shape index (κ2) is 31.7. The zero-order chi connectivity index (χ0) is 54.2. The number of aliphatic hydroxyl groups is 1. The van der Waals surface area contributed by atoms with Gasteiger partial charge in [0.1, 0.15) is 48.3 Å². The maximum atomic E-state index is 14.1. The molecule has 1 aliphatic heterocycles. The Morgan fingerprint density at radius 2 is 1.28 bits per heavy atom. The van der Waals surface area contributed by atoms with E-state index < -0.39 is 114 Å². The largest absolute Gasteiger partial charge is 0.480 e. The van der Waals surface area contributed by atoms with E-state index in [-0.39, 0.29) is 81.6 Å². The number of carboxylic acid groups (broad SMARTS) is 1. The van der Waals surface area contributed by atoms with Crippen LogP contribution in [0, 0.1) is 11.8 Å². The van der Waals surface area contributed by atoms with Crippen molar-refractivity contribution in [3.8, 4) is 0 Å². The van der Waals surface area contributed by atoms with Gasteiger partial charge in [-0.3, -0.25) is 43.3 Å². The van der Waals surface area contributed by atoms with E-state index >= 15 is 0 Å². The minimum Gasteiger partial charge on any atom is -0.480 e. The smallest absolute Gasteiger partial charge is 0.326 e. The number of thioether (sulfide) groups is 1. The number of rotatable bonds is 31. The first kappa shape index (κ1) is 62.5. The van der Waals surface area contributed by atoms with Crippen molar-refractivity contribution < 1.29 is 53.4 Å². The first-order chi connectivity index (χ1) is 33.9. The van der Waals surface area contributed by atoms with E-state index in [1.54, 1.807) is 58.0 Å². The van der Waals surface area contributed by atoms with Gasteiger partial charge in [0.05, 0.1) is 12.1 Å². The van der Waals surface area contributed by atoms with E-state index in [4.69, 9.17) is 17.2 Å². The summed E-state index contributed by atoms with van der Waals surface area (Å²) in [5, 5.41) is 39.0. The van der Waals surface area contributed by atoms with Crippen LogP contribution in [0.3, 0.4) is 0 Å². The van der Waals surface area contributed by atoms with Crippen LogP contribution in [0.5, 0.6) is 0 Å². The molecule has 0 radical (unpaired) electrons. The molecule has 0 aromatic heterocycles. The Morgan fingerprint density at radius 1 is 0.736 bits per heavy atom. The summed E-state index contributed by atoms with van der Waals surface area (Å²) in [7, 11) is 0. The Labute approximate surface area is 431 Å². The van der Waals surface area contributed by atoms with E-state index in [2.05, 4.69) is 54.8 Å². The molecule has 23 nitrogen and oxygen atoms in total. The molecule has 404 valence electrons. The predicted molar refractivity (Wildman–Crippen MR) is 277 cm³/mol. The van der Waals surface area contributed by atoms with Gasteiger partial charge in [-0.25, -0.2) is 4.79 Å². The number of amides is 8. The quantitative estimate of drug-likeness (QED) is 0.0170. The summed E-state index contributed by atoms with van der Waals surface area (Å²) >= 11 is 5.50. The molecule has 72 heavy (non-hydrogen) atoms. The Balaban J connectivity index is 2.35. The molecule has 0 unspecified atom stereocenters. The summed E-state index contributed by atoms with van der Waals surface area (Å²) in [5.41, 5.74) is 17.4. The van der Waals surface area contributed by atoms with Crippen LogP contribution in [0.15, 0.2) is 35.3 Å². The van der Waals surface area contributed by atoms with Crippen molar-refractivity contribution in [2.24, 2.45) is 34.0 Å². The molecule has 8 amide bonds. The Hall–Kier alpha value is -5.66. The molecule has 1 aromatic carbocycles. The first-order valence-corrected chi connectivity index (χ1v) is 26.2. The number of likely N-dealkylation sites (tertiary alicyclic amines) is 1. The van der Waals surface area contributed by atoms with Gasteiger partial charge in [-0.15, -0.1) is 0 Å². The number of guanidine groups is 1. The molecule has 10 atom stereocenters. The molecule has 0 spiro atoms. The molecule has 1 heterocycles. The molecular formula is C47H78N12O11S2. The Kier molecular flexibility index (Phi) is 27.5. The molecule has 0 saturated carbocycles. The van der Waals surface area contributed by atoms with Crippen LogP contribution < -0.4 is 54.4 Å². The van der Waals surface area contributed by atoms with Crippen molar-refractivity contribution in [2.45, 2.75) is 153 Å². The summed E-state index contributed by atoms with van der Waals surface area (Å²) < 4.78 is 0. The SMILES string of the molecule is CSCC[C@H](NC(=O)[C@@H](N)CS)C(=O)N[C@@H](C)C(=O)N1CCC[C@H]1C(=O)N[C@@H](CCCN=C(N)N)C(=O)N[C@H](C(=O)N[C@@H](CC(C)C)C(=O)N[C@@H](Cc1ccccc1)C(=O)N[C@@H](CC(C)C)C(=O)O)[C@@H](C)O. The van der Waals surface area contributed by atoms with Crippen molar-refractivity contribution >= 4 is 83.6 Å². The van der Waals surface area contributed by atoms with Gasteiger partial charge in [0.2, 0.25) is 47.3 Å². The van der Waals surface area contributed by atoms with Crippen molar-refractivity contribution in [1.82, 2.24) is 42.1 Å². The normalized spacial score (nSPS) is 17.1. The van der Waals surface area contributed by atoms with Crippen LogP contribution in [0.2, 0.25) is 0 Å². The number of aliphatic carboxylic acids is 1. The van der Waals surface area contributed by atoms with Gasteiger partial charge in [-0.1, -0.05) is 58.0 Å². The van der Waals surface area contributed by atoms with Crippen LogP contribution >= 0.6 is 24.4 Å². The summed E-state index contributed by atoms with van der Waals surface area (Å²) in [5.74, 6) is -7.12. The highest BCUT2D eigenvalue weighted by atomic mass is 32.2. The fourth-order valence-corrected chi connectivity index (χ4v) is 8.39. The van der Waals surface area contributed by atoms with E-state index in [1.165, 1.54) is 30.5 Å². The number of nitrogens with zero attached hydrogens (tertiary/aromatic N) is 2. The topological polar surface area (TPSA) is 372 Å². The van der Waals surface area contributed by atoms with E-state index in [0.29, 0.717) is 17.7 Å². The van der Waals surface area contributed by atoms with Gasteiger partial charge < -0.3 is 69.5 Å². The fraction of sp³-hybridized carbons (Fsp3) is 0.660. The lowest BCUT2D eigenvalue weighted by Gasteiger charge is -2.30. The predicted octanol–water partition coefficient (Wildman–Crippen LogP) is -1.75. The van der Waals surface area contributed by atoms with Crippen LogP contribution in [-0.4, -0.2) is 166 Å². The number of carbonyl (C=O) groups excluding carboxylic acids is 8. The highest BCUT2D eigenvalue weighted by Gasteiger charge is 2.40. The second-order valence-electron chi connectivity index (χ2n) is 18.8. The number of aliphatic hydroxyl groups excluding tert-OH is 1. The number of carboxylic acids is 1. The molecule has 15 N–H and O–H groups in total. The third kappa shape index (κ3) is 21.6. The number of aliphatic imine (C=N–C) groups is 1. The third-order valence-electron chi connectivity index (χ3n) is 11.6. The minimum atomic E-state index is -1.68. The van der Waals surface area contributed by atoms with Crippen LogP contribution in [0.25, 0.3) is 0 Å². The molecule has 1 saturated heterocycles. The summed E-state index contributed by atoms with van der Waals surface area (Å²) in [6.45, 7) is 10.1. The summed E-state index contributed by atoms with van der Waals surface area (Å²) in [4.78, 5) is 127. The van der Waals surface area contributed by atoms with Gasteiger partial charge in [-0.05, 0) is 88.2 Å². The molecule has 1 aliphatic rings. The number of nitrogens with two attached hydrogens (primary N) is 3. The minimum absolute atomic E-state index is 0.0211. The second-order valence-corrected chi connectivity index (χ2v) is 20.1. The van der Waals surface area contributed by atoms with Crippen molar-refractivity contribution in [3.63, 3.8) is 0 Å². The molecule has 0 bridgehead atoms. The molecule has 25 heteroatoms. The number of thiol groups is 1. The number of carbonyl (C=O) groups is 9. The third-order valence-corrected chi connectivity index (χ3v) is 12.6. The highest BCUT2D eigenvalue weighted by molar-refractivity contribution is 7.98. The zero-order valence-electron chi connectivity index (χ0n) is 42.4. The average Bonchev–Trinajstić information content (AvgIpc) is 3.81. The number of hydrogen-bond donors (Lipinski definition) is 13. The van der Waals surface area contributed by atoms with Gasteiger partial charge in [0, 0.05) is 25.3 Å². The lowest BCUT2D eigenvalue weighted by Crippen LogP contribution is -2.62. The molecular weight excluding hydrogens is 973 g/mol. The van der Waals surface area contributed by atoms with Crippen LogP contribution in [-0.2, 0) is 49.6 Å². The molecule has 1 aromatic rings. The average molecular weight is 1050 g/mol. The maximum Gasteiger partial charge on any atom is 0.326 e. The number of hydrogen-bond acceptors (Lipinski definition) is 14. The Morgan fingerprint density at radius 3 is 1.85 bits per heavy atom. The van der Waals surface area contributed by atoms with E-state index in [9.17, 15) is 53.4 Å². The van der Waals surface area contributed by atoms with E-state index in [0.717, 1.165) is 0 Å². The number of benzene rings is 1. The van der Waals surface area contributed by atoms with Crippen LogP contribution in [0.1, 0.15) is 92.1 Å². The van der Waals surface area contributed by atoms with Gasteiger partial charge in [-0.2, -0.15) is 24.4 Å². The number of nitrogens with one attached hydrogen (secondary N) is 7. The van der Waals surface area contributed by atoms with E-state index in [1.807, 2.05) is 6.26 Å². The van der Waals surface area contributed by atoms with Crippen molar-refractivity contribution in [1.29, 1.82) is 0 Å². The molecule has 1 fully saturated rings. The molecule has 0 aliphatic carbocycles. The van der Waals surface area contributed by atoms with Crippen LogP contribution in [0.4, 0.5) is 0 Å². The van der Waals surface area contributed by atoms with Crippen molar-refractivity contribution in [3.05, 3.63) is 35.9 Å². The maximum absolute atomic E-state index is 14.1. The first-order valence-electron chi connectivity index (χ1n) is 24.2. The highest BCUT2D eigenvalue weighted by Crippen LogP contribution is 2.20. The lowest BCUT2D eigenvalue weighted by molar-refractivity contribution is -0.143. The zero-order valence-corrected chi connectivity index (χ0v) is 44.1. The molecule has 2 rings (SSSR count). The lowest BCUT2D eigenvalue weighted by atomic mass is 9.99. The Bertz CT molecular complexity index is 2010. The van der Waals surface area contributed by atoms with Crippen molar-refractivity contribution in [2.75, 3.05) is 30.9 Å². The van der Waals surface area contributed by atoms with Gasteiger partial charge >= 0.3 is 5.97 Å². The standard InChI is InChI=1S/C47H78N12O11S2/c1-25(2)21-33(41(64)55-34(23-29-13-9-8-10-14-29)42(65)57-35(46(69)70)22-26(3)4)56-44(67)37(28(6)60)58-40(63)31(15-11-18-51-47(49)50)54-43(66)36-16-12-19-59(36)45(68)27(5)52-39(62)32(17-20-72-7)53-38(61)30(48)24-71/h8-10,13-14,25-28,30-37,60,71H,11-12,15-24,48H2,1-7H3,(H,52,62)(H,53,61)(H,54,66)(H,55,64)(H,56,67)(H,57,65)(H,58,63)(H,69,70)(H4,49,50,51)/t27-,28+,30-,31-,32-,33-,34-,35-,36-,37-/m0/s1. The summed E-state index contributed by atoms with van der Waals surface area (Å²) in [6, 6.07) is -2.31. The summed E-state index contributed by atoms with van der Waals surface area (Å²) in [6.07, 6.45) is 1.39. The fourth-order valence-electron chi connectivity index (χ4n) is 7.75. The monoisotopic (exact) mass is 1050 g/mol. The van der Waals surface area contributed by atoms with Gasteiger partial charge in [0.25, 0.3) is 0 Å².